The summed E-state index contributed by atoms with van der Waals surface area (Å²) in [6.07, 6.45) is -12.9. The molecule has 9 aromatic carbocycles. The Morgan fingerprint density at radius 1 is 0.302 bits per heavy atom. The highest BCUT2D eigenvalue weighted by molar-refractivity contribution is 7.18. The van der Waals surface area contributed by atoms with Crippen molar-refractivity contribution in [3.8, 4) is 0 Å². The molecule has 0 fully saturated rings. The molecular formula is C96H93F19N12S2+6. The van der Waals surface area contributed by atoms with Crippen molar-refractivity contribution in [2.24, 2.45) is 42.3 Å². The van der Waals surface area contributed by atoms with Gasteiger partial charge in [0.2, 0.25) is 43.9 Å². The van der Waals surface area contributed by atoms with E-state index >= 15 is 4.39 Å². The monoisotopic (exact) mass is 1840 g/mol. The zero-order chi connectivity index (χ0) is 95.3. The van der Waals surface area contributed by atoms with Crippen molar-refractivity contribution >= 4 is 141 Å². The van der Waals surface area contributed by atoms with Gasteiger partial charge in [0, 0.05) is 75.6 Å². The Hall–Kier alpha value is -11.6. The zero-order valence-corrected chi connectivity index (χ0v) is 76.4. The average molecular weight is 1840 g/mol. The maximum atomic E-state index is 15.2. The van der Waals surface area contributed by atoms with Gasteiger partial charge in [-0.05, 0) is 119 Å². The lowest BCUT2D eigenvalue weighted by Gasteiger charge is -2.31. The molecule has 0 aliphatic heterocycles. The molecule has 0 unspecified atom stereocenters. The first kappa shape index (κ1) is 96.5. The number of thiophene rings is 2. The van der Waals surface area contributed by atoms with Crippen molar-refractivity contribution in [2.75, 3.05) is 0 Å². The summed E-state index contributed by atoms with van der Waals surface area (Å²) in [5.74, 6) is -3.00. The van der Waals surface area contributed by atoms with Crippen LogP contribution in [0.4, 0.5) is 83.4 Å². The van der Waals surface area contributed by atoms with Gasteiger partial charge in [0.15, 0.2) is 46.9 Å². The minimum atomic E-state index is -6.22. The molecule has 0 saturated carbocycles. The summed E-state index contributed by atoms with van der Waals surface area (Å²) in [6, 6.07) is 24.6. The molecule has 12 nitrogen and oxygen atoms in total. The van der Waals surface area contributed by atoms with Gasteiger partial charge in [-0.25, -0.2) is 58.8 Å². The molecule has 676 valence electrons. The largest absolute Gasteiger partial charge is 0.436 e. The molecule has 0 atom stereocenters. The van der Waals surface area contributed by atoms with Crippen LogP contribution in [0.1, 0.15) is 144 Å². The van der Waals surface area contributed by atoms with E-state index in [-0.39, 0.29) is 59.1 Å². The lowest BCUT2D eigenvalue weighted by molar-refractivity contribution is -0.736. The third-order valence-corrected chi connectivity index (χ3v) is 26.1. The van der Waals surface area contributed by atoms with Crippen LogP contribution in [0.25, 0.3) is 118 Å². The predicted octanol–water partition coefficient (Wildman–Crippen LogP) is 23.3. The second-order valence-corrected chi connectivity index (χ2v) is 33.5. The summed E-state index contributed by atoms with van der Waals surface area (Å²) in [5.41, 5.74) is 2.57. The number of hydrogen-bond acceptors (Lipinski definition) is 8. The molecule has 129 heavy (non-hydrogen) atoms. The van der Waals surface area contributed by atoms with Crippen molar-refractivity contribution in [3.63, 3.8) is 0 Å². The van der Waals surface area contributed by atoms with Gasteiger partial charge in [-0.2, -0.15) is 57.4 Å². The number of alkyl halides is 10. The molecule has 0 amide bonds. The highest BCUT2D eigenvalue weighted by Crippen LogP contribution is 2.57. The number of rotatable bonds is 7. The second-order valence-electron chi connectivity index (χ2n) is 31.6. The topological polar surface area (TPSA) is 101 Å². The van der Waals surface area contributed by atoms with Crippen LogP contribution in [-0.4, -0.2) is 42.4 Å². The van der Waals surface area contributed by atoms with E-state index in [0.717, 1.165) is 81.8 Å². The Kier molecular flexibility index (Phi) is 27.2. The highest BCUT2D eigenvalue weighted by atomic mass is 32.1. The molecule has 17 rings (SSSR count). The molecule has 8 aromatic heterocycles. The first-order chi connectivity index (χ1) is 60.5. The summed E-state index contributed by atoms with van der Waals surface area (Å²) >= 11 is 1.09. The van der Waals surface area contributed by atoms with Gasteiger partial charge in [0.05, 0.1) is 79.6 Å². The summed E-state index contributed by atoms with van der Waals surface area (Å²) in [7, 11) is 10.8. The van der Waals surface area contributed by atoms with Crippen molar-refractivity contribution in [1.29, 1.82) is 0 Å². The standard InChI is InChI=1S/C19H16F7N2.C17H16F3N2.C16H16FN2.2C15H14F3N2S.C14H17F2N2/c1-4-14-13-9-11-7-5-6-8-12(11)15(16(13)27-10(2)28(14)3)17(20,18(21,22)23)19(24,25)26;1-4-14-13-9-11-7-5-6-8-12(11)15(17(18,19)20)16(13)21-10(2)22(14)3;1-4-14-13-9-11-7-5-6-8-12(11)15(17)16(13)18-10(2)19(14)3;1-5-8-7(3)19-12-9-11(17)15(18)21-14(9)10(16)6(2)13(12)20(8)4;1-5-8-7(3)19-12-13(20(8)4)6(2)10(16)9-11(17)15(18)21-14(9)12;1-6-10-12-11(9(4)17-18(10)5)7(2)13(15)8(3)14(12)16/h5-9H,4H2,1-3H3;5-9H,4H2,1-3H3;5-9H,4H2,1-3H3;2*5H2,1-4H3;6H2,1-5H3/q6*+1. The van der Waals surface area contributed by atoms with Gasteiger partial charge in [-0.1, -0.05) is 130 Å². The number of nitrogens with zero attached hydrogens (tertiary/aromatic N) is 12. The quantitative estimate of drug-likeness (QED) is 0.0895. The molecule has 8 heterocycles. The number of fused-ring (bicyclic) bond motifs is 13. The lowest BCUT2D eigenvalue weighted by Crippen LogP contribution is -2.51. The molecule has 33 heteroatoms. The number of aryl methyl sites for hydroxylation is 16. The van der Waals surface area contributed by atoms with Gasteiger partial charge >= 0.3 is 24.2 Å². The lowest BCUT2D eigenvalue weighted by atomic mass is 9.86. The van der Waals surface area contributed by atoms with Crippen LogP contribution < -0.4 is 27.5 Å². The molecule has 0 radical (unpaired) electrons. The molecule has 0 spiro atoms. The third-order valence-electron chi connectivity index (χ3n) is 24.2. The van der Waals surface area contributed by atoms with E-state index in [1.54, 1.807) is 96.2 Å². The highest BCUT2D eigenvalue weighted by Gasteiger charge is 2.75. The Morgan fingerprint density at radius 2 is 0.667 bits per heavy atom. The van der Waals surface area contributed by atoms with E-state index in [2.05, 4.69) is 36.9 Å². The minimum Gasteiger partial charge on any atom is -0.239 e. The SMILES string of the molecule is CCc1c(C)nc2c3c(F)c(F)sc3c(F)c(C)c2[n+]1C.CCc1c(C)nc2c3sc(F)c(F)c3c(F)c(C)c2[n+]1C.CCc1c2c(F)c(C)c(F)c(C)c2c(C)n[n+]1C.CCc1c2cc3ccccc3c(C(F)(C(F)(F)F)C(F)(F)F)c2nc(C)[n+]1C.CCc1c2cc3ccccc3c(C(F)(F)F)c2nc(C)[n+]1C.CCc1c2cc3ccccc3c(F)c2nc(C)[n+]1C. The van der Waals surface area contributed by atoms with Gasteiger partial charge in [0.1, 0.15) is 76.8 Å². The molecule has 17 aromatic rings. The van der Waals surface area contributed by atoms with E-state index < -0.39 is 91.4 Å². The summed E-state index contributed by atoms with van der Waals surface area (Å²) < 4.78 is 276. The fourth-order valence-electron chi connectivity index (χ4n) is 17.6. The van der Waals surface area contributed by atoms with Crippen LogP contribution in [-0.2, 0) is 92.7 Å². The summed E-state index contributed by atoms with van der Waals surface area (Å²) in [4.78, 5) is 21.5. The van der Waals surface area contributed by atoms with Crippen LogP contribution in [0.2, 0.25) is 0 Å². The number of benzene rings is 9. The van der Waals surface area contributed by atoms with Gasteiger partial charge < -0.3 is 0 Å². The predicted molar refractivity (Wildman–Crippen MR) is 464 cm³/mol. The molecule has 0 N–H and O–H groups in total. The molecular weight excluding hydrogens is 1750 g/mol. The molecule has 0 bridgehead atoms. The van der Waals surface area contributed by atoms with Crippen LogP contribution in [0.5, 0.6) is 0 Å². The van der Waals surface area contributed by atoms with Crippen LogP contribution >= 0.6 is 22.7 Å². The third kappa shape index (κ3) is 16.5. The Labute approximate surface area is 737 Å². The van der Waals surface area contributed by atoms with Gasteiger partial charge in [-0.15, -0.1) is 11.3 Å². The fraction of sp³-hybridized carbons (Fsp3) is 0.333. The van der Waals surface area contributed by atoms with Crippen molar-refractivity contribution < 1.29 is 111 Å². The Morgan fingerprint density at radius 3 is 1.11 bits per heavy atom. The zero-order valence-electron chi connectivity index (χ0n) is 74.8. The van der Waals surface area contributed by atoms with Crippen LogP contribution in [0.15, 0.2) is 91.0 Å². The maximum Gasteiger partial charge on any atom is 0.436 e. The van der Waals surface area contributed by atoms with Crippen LogP contribution in [0.3, 0.4) is 0 Å². The van der Waals surface area contributed by atoms with Crippen LogP contribution in [0, 0.1) is 120 Å². The van der Waals surface area contributed by atoms with Crippen molar-refractivity contribution in [3.05, 3.63) is 244 Å². The van der Waals surface area contributed by atoms with E-state index in [0.29, 0.717) is 130 Å². The minimum absolute atomic E-state index is 0.00820. The number of aromatic nitrogens is 12. The van der Waals surface area contributed by atoms with Gasteiger partial charge in [0.25, 0.3) is 17.5 Å². The normalized spacial score (nSPS) is 12.1. The molecule has 0 aliphatic carbocycles. The molecule has 0 saturated heterocycles. The van der Waals surface area contributed by atoms with E-state index in [4.69, 9.17) is 0 Å². The summed E-state index contributed by atoms with van der Waals surface area (Å²) in [5, 5.41) is 6.55. The van der Waals surface area contributed by atoms with Gasteiger partial charge in [-0.3, -0.25) is 0 Å². The molecule has 0 aliphatic rings. The van der Waals surface area contributed by atoms with E-state index in [1.165, 1.54) is 44.2 Å². The number of hydrogen-bond donors (Lipinski definition) is 0. The smallest absolute Gasteiger partial charge is 0.239 e. The Bertz CT molecular complexity index is 7430. The second kappa shape index (κ2) is 36.4. The maximum absolute atomic E-state index is 15.2. The Balaban J connectivity index is 0.000000141. The summed E-state index contributed by atoms with van der Waals surface area (Å²) in [6.45, 7) is 28.5. The van der Waals surface area contributed by atoms with E-state index in [9.17, 15) is 79.0 Å². The first-order valence-corrected chi connectivity index (χ1v) is 42.9. The van der Waals surface area contributed by atoms with Crippen molar-refractivity contribution in [2.45, 2.75) is 174 Å². The van der Waals surface area contributed by atoms with E-state index in [1.807, 2.05) is 118 Å². The number of halogens is 19. The average Bonchev–Trinajstić information content (AvgIpc) is 1.28. The fourth-order valence-corrected chi connectivity index (χ4v) is 19.4. The van der Waals surface area contributed by atoms with Crippen molar-refractivity contribution in [1.82, 2.24) is 30.0 Å². The first-order valence-electron chi connectivity index (χ1n) is 41.3.